The van der Waals surface area contributed by atoms with Gasteiger partial charge < -0.3 is 10.4 Å². The molecule has 0 saturated carbocycles. The molecule has 2 heterocycles. The molecule has 0 bridgehead atoms. The Balaban J connectivity index is 1.95. The van der Waals surface area contributed by atoms with E-state index in [1.165, 1.54) is 6.07 Å². The molecule has 2 aliphatic heterocycles. The van der Waals surface area contributed by atoms with Gasteiger partial charge in [-0.25, -0.2) is 4.39 Å². The second kappa shape index (κ2) is 8.12. The highest BCUT2D eigenvalue weighted by Crippen LogP contribution is 2.57. The van der Waals surface area contributed by atoms with Crippen molar-refractivity contribution in [2.24, 2.45) is 5.92 Å². The zero-order chi connectivity index (χ0) is 21.6. The van der Waals surface area contributed by atoms with Crippen LogP contribution in [0.5, 0.6) is 0 Å². The van der Waals surface area contributed by atoms with Crippen molar-refractivity contribution in [3.8, 4) is 0 Å². The Hall–Kier alpha value is -1.66. The fraction of sp³-hybridized carbons (Fsp3) is 0.435. The van der Waals surface area contributed by atoms with Crippen molar-refractivity contribution in [3.05, 3.63) is 63.4 Å². The number of nitrogens with zero attached hydrogens (tertiary/aromatic N) is 1. The van der Waals surface area contributed by atoms with E-state index >= 15 is 4.39 Å². The van der Waals surface area contributed by atoms with Gasteiger partial charge in [0.2, 0.25) is 5.91 Å². The molecule has 1 fully saturated rings. The summed E-state index contributed by atoms with van der Waals surface area (Å²) in [6.07, 6.45) is 1.29. The van der Waals surface area contributed by atoms with E-state index in [0.717, 1.165) is 12.0 Å². The summed E-state index contributed by atoms with van der Waals surface area (Å²) in [6.45, 7) is 4.73. The number of hydrogen-bond acceptors (Lipinski definition) is 3. The maximum Gasteiger partial charge on any atom is 0.250 e. The first kappa shape index (κ1) is 21.6. The van der Waals surface area contributed by atoms with Gasteiger partial charge in [0, 0.05) is 34.8 Å². The number of rotatable bonds is 5. The molecule has 0 radical (unpaired) electrons. The molecule has 2 aliphatic rings. The number of anilines is 1. The van der Waals surface area contributed by atoms with Crippen LogP contribution in [-0.4, -0.2) is 35.1 Å². The van der Waals surface area contributed by atoms with Crippen molar-refractivity contribution >= 4 is 34.8 Å². The summed E-state index contributed by atoms with van der Waals surface area (Å²) in [5.41, 5.74) is 0.660. The summed E-state index contributed by atoms with van der Waals surface area (Å²) in [4.78, 5) is 15.7. The normalized spacial score (nSPS) is 25.9. The van der Waals surface area contributed by atoms with Gasteiger partial charge in [-0.05, 0) is 42.5 Å². The predicted molar refractivity (Wildman–Crippen MR) is 118 cm³/mol. The van der Waals surface area contributed by atoms with Crippen LogP contribution in [0.25, 0.3) is 0 Å². The second-order valence-corrected chi connectivity index (χ2v) is 9.40. The lowest BCUT2D eigenvalue weighted by atomic mass is 9.75. The summed E-state index contributed by atoms with van der Waals surface area (Å²) in [5.74, 6) is -0.814. The number of benzene rings is 2. The van der Waals surface area contributed by atoms with Crippen LogP contribution in [0.4, 0.5) is 10.1 Å². The number of aliphatic hydroxyl groups is 1. The highest BCUT2D eigenvalue weighted by Gasteiger charge is 2.63. The molecular weight excluding hydrogens is 426 g/mol. The number of carbonyl (C=O) groups is 1. The fourth-order valence-corrected chi connectivity index (χ4v) is 5.41. The Bertz CT molecular complexity index is 984. The third kappa shape index (κ3) is 3.23. The first-order chi connectivity index (χ1) is 14.3. The molecular formula is C23H25Cl2FN2O2. The molecule has 2 aromatic carbocycles. The molecule has 2 aromatic rings. The lowest BCUT2D eigenvalue weighted by Crippen LogP contribution is -2.53. The Labute approximate surface area is 186 Å². The predicted octanol–water partition coefficient (Wildman–Crippen LogP) is 5.18. The molecule has 160 valence electrons. The number of carbonyl (C=O) groups excluding carboxylic acids is 1. The van der Waals surface area contributed by atoms with Crippen molar-refractivity contribution in [2.75, 3.05) is 18.5 Å². The standard InChI is InChI=1S/C23H25Cl2FN2O2/c1-13(2)8-9-28-15(12-29)11-18(16-4-3-5-19(25)21(16)26)23(28)17-7-6-14(24)10-20(17)27-22(23)30/h3-7,10,13,15,18,29H,8-9,11-12H2,1-2H3,(H,27,30)/t15-,18-,23-/m1/s1. The molecule has 3 atom stereocenters. The maximum absolute atomic E-state index is 15.2. The average Bonchev–Trinajstić information content (AvgIpc) is 3.17. The summed E-state index contributed by atoms with van der Waals surface area (Å²) in [6, 6.07) is 9.93. The number of nitrogens with one attached hydrogen (secondary N) is 1. The zero-order valence-corrected chi connectivity index (χ0v) is 18.5. The second-order valence-electron chi connectivity index (χ2n) is 8.55. The monoisotopic (exact) mass is 450 g/mol. The van der Waals surface area contributed by atoms with E-state index in [1.54, 1.807) is 24.3 Å². The number of halogens is 3. The first-order valence-corrected chi connectivity index (χ1v) is 11.0. The molecule has 1 spiro atoms. The fourth-order valence-electron chi connectivity index (χ4n) is 5.05. The molecule has 0 aliphatic carbocycles. The van der Waals surface area contributed by atoms with Gasteiger partial charge in [-0.1, -0.05) is 55.2 Å². The van der Waals surface area contributed by atoms with E-state index in [4.69, 9.17) is 23.2 Å². The smallest absolute Gasteiger partial charge is 0.250 e. The molecule has 0 aromatic heterocycles. The first-order valence-electron chi connectivity index (χ1n) is 10.2. The van der Waals surface area contributed by atoms with Gasteiger partial charge in [0.25, 0.3) is 0 Å². The maximum atomic E-state index is 15.2. The van der Waals surface area contributed by atoms with Gasteiger partial charge in [0.1, 0.15) is 11.4 Å². The zero-order valence-electron chi connectivity index (χ0n) is 17.0. The summed E-state index contributed by atoms with van der Waals surface area (Å²) in [5, 5.41) is 13.7. The molecule has 4 nitrogen and oxygen atoms in total. The van der Waals surface area contributed by atoms with E-state index in [-0.39, 0.29) is 23.6 Å². The molecule has 2 N–H and O–H groups in total. The number of hydrogen-bond donors (Lipinski definition) is 2. The largest absolute Gasteiger partial charge is 0.395 e. The number of aliphatic hydroxyl groups excluding tert-OH is 1. The highest BCUT2D eigenvalue weighted by atomic mass is 35.5. The van der Waals surface area contributed by atoms with Crippen molar-refractivity contribution in [1.82, 2.24) is 4.90 Å². The molecule has 30 heavy (non-hydrogen) atoms. The topological polar surface area (TPSA) is 52.6 Å². The Kier molecular flexibility index (Phi) is 5.84. The Morgan fingerprint density at radius 1 is 1.30 bits per heavy atom. The number of amides is 1. The quantitative estimate of drug-likeness (QED) is 0.659. The van der Waals surface area contributed by atoms with Crippen molar-refractivity contribution in [3.63, 3.8) is 0 Å². The van der Waals surface area contributed by atoms with Gasteiger partial charge >= 0.3 is 0 Å². The molecule has 1 saturated heterocycles. The van der Waals surface area contributed by atoms with E-state index in [2.05, 4.69) is 24.1 Å². The number of fused-ring (bicyclic) bond motifs is 2. The lowest BCUT2D eigenvalue weighted by Gasteiger charge is -2.40. The van der Waals surface area contributed by atoms with Gasteiger partial charge in [-0.15, -0.1) is 0 Å². The van der Waals surface area contributed by atoms with E-state index in [1.807, 2.05) is 6.07 Å². The van der Waals surface area contributed by atoms with Crippen LogP contribution in [0.1, 0.15) is 43.7 Å². The van der Waals surface area contributed by atoms with Crippen LogP contribution >= 0.6 is 23.2 Å². The number of likely N-dealkylation sites (tertiary alicyclic amines) is 1. The van der Waals surface area contributed by atoms with Crippen LogP contribution in [0, 0.1) is 11.7 Å². The summed E-state index contributed by atoms with van der Waals surface area (Å²) >= 11 is 12.3. The third-order valence-corrected chi connectivity index (χ3v) is 6.93. The van der Waals surface area contributed by atoms with Crippen LogP contribution < -0.4 is 5.32 Å². The van der Waals surface area contributed by atoms with Crippen LogP contribution in [0.15, 0.2) is 36.4 Å². The van der Waals surface area contributed by atoms with Crippen LogP contribution in [0.2, 0.25) is 10.0 Å². The molecule has 7 heteroatoms. The van der Waals surface area contributed by atoms with E-state index in [9.17, 15) is 9.90 Å². The van der Waals surface area contributed by atoms with Gasteiger partial charge in [-0.2, -0.15) is 0 Å². The summed E-state index contributed by atoms with van der Waals surface area (Å²) < 4.78 is 15.2. The van der Waals surface area contributed by atoms with Gasteiger partial charge in [-0.3, -0.25) is 9.69 Å². The minimum Gasteiger partial charge on any atom is -0.395 e. The SMILES string of the molecule is CC(C)CCN1[C@@H](CO)C[C@H](c2cccc(Cl)c2F)[C@]12C(=O)Nc1cc(Cl)ccc12. The lowest BCUT2D eigenvalue weighted by molar-refractivity contribution is -0.128. The van der Waals surface area contributed by atoms with Crippen LogP contribution in [-0.2, 0) is 10.3 Å². The van der Waals surface area contributed by atoms with Crippen LogP contribution in [0.3, 0.4) is 0 Å². The van der Waals surface area contributed by atoms with Crippen molar-refractivity contribution < 1.29 is 14.3 Å². The minimum absolute atomic E-state index is 0.0264. The molecule has 1 amide bonds. The third-order valence-electron chi connectivity index (χ3n) is 6.41. The molecule has 4 rings (SSSR count). The molecule has 0 unspecified atom stereocenters. The van der Waals surface area contributed by atoms with Gasteiger partial charge in [0.05, 0.1) is 11.6 Å². The van der Waals surface area contributed by atoms with Crippen molar-refractivity contribution in [1.29, 1.82) is 0 Å². The Morgan fingerprint density at radius 3 is 2.77 bits per heavy atom. The van der Waals surface area contributed by atoms with Gasteiger partial charge in [0.15, 0.2) is 0 Å². The van der Waals surface area contributed by atoms with E-state index < -0.39 is 17.3 Å². The highest BCUT2D eigenvalue weighted by molar-refractivity contribution is 6.31. The van der Waals surface area contributed by atoms with E-state index in [0.29, 0.717) is 35.2 Å². The minimum atomic E-state index is -1.13. The summed E-state index contributed by atoms with van der Waals surface area (Å²) in [7, 11) is 0. The Morgan fingerprint density at radius 2 is 2.07 bits per heavy atom. The average molecular weight is 451 g/mol. The van der Waals surface area contributed by atoms with Crippen molar-refractivity contribution in [2.45, 2.75) is 44.2 Å².